The van der Waals surface area contributed by atoms with Crippen molar-refractivity contribution in [3.8, 4) is 10.9 Å². The number of nitrogens with zero attached hydrogens (tertiary/aromatic N) is 4. The van der Waals surface area contributed by atoms with Crippen LogP contribution in [0, 0.1) is 25.5 Å². The first kappa shape index (κ1) is 20.9. The van der Waals surface area contributed by atoms with Crippen LogP contribution in [0.2, 0.25) is 0 Å². The maximum atomic E-state index is 13.8. The molecule has 2 aromatic carbocycles. The molecule has 5 nitrogen and oxygen atoms in total. The van der Waals surface area contributed by atoms with Crippen molar-refractivity contribution >= 4 is 23.6 Å². The summed E-state index contributed by atoms with van der Waals surface area (Å²) in [7, 11) is 1.97. The number of aryl methyl sites for hydroxylation is 2. The fraction of sp³-hybridized carbons (Fsp3) is 0.286. The summed E-state index contributed by atoms with van der Waals surface area (Å²) in [4.78, 5) is 10.8. The molecule has 0 N–H and O–H groups in total. The second-order valence-electron chi connectivity index (χ2n) is 6.71. The molecular weight excluding hydrogens is 394 g/mol. The zero-order valence-corrected chi connectivity index (χ0v) is 17.6. The Labute approximate surface area is 172 Å². The van der Waals surface area contributed by atoms with E-state index in [1.54, 1.807) is 6.34 Å². The summed E-state index contributed by atoms with van der Waals surface area (Å²) in [5.41, 5.74) is 3.11. The van der Waals surface area contributed by atoms with E-state index in [9.17, 15) is 8.78 Å². The Morgan fingerprint density at radius 2 is 1.97 bits per heavy atom. The van der Waals surface area contributed by atoms with Crippen LogP contribution in [0.3, 0.4) is 0 Å². The quantitative estimate of drug-likeness (QED) is 0.381. The Hall–Kier alpha value is -2.87. The highest BCUT2D eigenvalue weighted by Gasteiger charge is 2.13. The predicted molar refractivity (Wildman–Crippen MR) is 112 cm³/mol. The summed E-state index contributed by atoms with van der Waals surface area (Å²) in [5.74, 6) is -0.130. The Balaban J connectivity index is 1.74. The van der Waals surface area contributed by atoms with Crippen LogP contribution in [0.5, 0.6) is 10.9 Å². The third-order valence-electron chi connectivity index (χ3n) is 4.40. The molecule has 3 rings (SSSR count). The van der Waals surface area contributed by atoms with Gasteiger partial charge in [0, 0.05) is 37.6 Å². The van der Waals surface area contributed by atoms with Crippen molar-refractivity contribution in [3.63, 3.8) is 0 Å². The van der Waals surface area contributed by atoms with Crippen molar-refractivity contribution in [3.05, 3.63) is 64.5 Å². The summed E-state index contributed by atoms with van der Waals surface area (Å²) >= 11 is 1.09. The molecule has 0 radical (unpaired) electrons. The number of hydrogen-bond donors (Lipinski definition) is 0. The smallest absolute Gasteiger partial charge is 0.298 e. The number of halogens is 2. The first-order valence-corrected chi connectivity index (χ1v) is 9.93. The molecule has 0 spiro atoms. The maximum Gasteiger partial charge on any atom is 0.298 e. The molecular formula is C21H22F2N4OS. The van der Waals surface area contributed by atoms with E-state index in [0.717, 1.165) is 41.0 Å². The van der Waals surface area contributed by atoms with Crippen molar-refractivity contribution in [2.45, 2.75) is 27.2 Å². The number of ether oxygens (including phenoxy) is 1. The Morgan fingerprint density at radius 3 is 2.69 bits per heavy atom. The summed E-state index contributed by atoms with van der Waals surface area (Å²) in [6.07, 6.45) is 1.97. The lowest BCUT2D eigenvalue weighted by molar-refractivity contribution is 0.473. The van der Waals surface area contributed by atoms with Crippen LogP contribution in [-0.4, -0.2) is 34.2 Å². The first-order valence-electron chi connectivity index (χ1n) is 9.15. The second kappa shape index (κ2) is 9.09. The molecule has 0 unspecified atom stereocenters. The van der Waals surface area contributed by atoms with Crippen molar-refractivity contribution in [2.24, 2.45) is 4.99 Å². The normalized spacial score (nSPS) is 11.2. The summed E-state index contributed by atoms with van der Waals surface area (Å²) < 4.78 is 37.0. The van der Waals surface area contributed by atoms with Gasteiger partial charge in [-0.05, 0) is 55.7 Å². The van der Waals surface area contributed by atoms with Crippen LogP contribution in [0.1, 0.15) is 29.4 Å². The van der Waals surface area contributed by atoms with Gasteiger partial charge < -0.3 is 9.64 Å². The molecule has 0 aliphatic heterocycles. The van der Waals surface area contributed by atoms with E-state index in [0.29, 0.717) is 22.3 Å². The lowest BCUT2D eigenvalue weighted by atomic mass is 10.1. The Kier molecular flexibility index (Phi) is 6.53. The SMILES string of the molecule is CCN(C)C=Nc1cc(C)c(Oc2nc(Cc3ccc(F)cc3F)ns2)cc1C. The highest BCUT2D eigenvalue weighted by Crippen LogP contribution is 2.32. The van der Waals surface area contributed by atoms with Crippen molar-refractivity contribution in [2.75, 3.05) is 13.6 Å². The maximum absolute atomic E-state index is 13.8. The zero-order valence-electron chi connectivity index (χ0n) is 16.7. The lowest BCUT2D eigenvalue weighted by Gasteiger charge is -2.11. The zero-order chi connectivity index (χ0) is 21.0. The third-order valence-corrected chi connectivity index (χ3v) is 5.03. The number of aromatic nitrogens is 2. The molecule has 0 fully saturated rings. The van der Waals surface area contributed by atoms with Gasteiger partial charge in [0.1, 0.15) is 17.4 Å². The average Bonchev–Trinajstić information content (AvgIpc) is 3.12. The molecule has 1 heterocycles. The van der Waals surface area contributed by atoms with Gasteiger partial charge in [0.25, 0.3) is 5.19 Å². The summed E-state index contributed by atoms with van der Waals surface area (Å²) in [6, 6.07) is 7.34. The van der Waals surface area contributed by atoms with Crippen molar-refractivity contribution < 1.29 is 13.5 Å². The highest BCUT2D eigenvalue weighted by atomic mass is 32.1. The number of aliphatic imine (C=N–C) groups is 1. The van der Waals surface area contributed by atoms with Gasteiger partial charge in [0.2, 0.25) is 0 Å². The highest BCUT2D eigenvalue weighted by molar-refractivity contribution is 7.07. The predicted octanol–water partition coefficient (Wildman–Crippen LogP) is 5.43. The molecule has 0 aliphatic rings. The van der Waals surface area contributed by atoms with Gasteiger partial charge in [-0.25, -0.2) is 13.8 Å². The minimum absolute atomic E-state index is 0.169. The van der Waals surface area contributed by atoms with E-state index in [1.807, 2.05) is 37.9 Å². The molecule has 152 valence electrons. The third kappa shape index (κ3) is 5.35. The summed E-state index contributed by atoms with van der Waals surface area (Å²) in [5, 5.41) is 0.368. The molecule has 0 saturated heterocycles. The van der Waals surface area contributed by atoms with E-state index in [-0.39, 0.29) is 6.42 Å². The molecule has 0 amide bonds. The number of hydrogen-bond acceptors (Lipinski definition) is 5. The van der Waals surface area contributed by atoms with E-state index >= 15 is 0 Å². The van der Waals surface area contributed by atoms with Crippen LogP contribution >= 0.6 is 11.5 Å². The van der Waals surface area contributed by atoms with Gasteiger partial charge in [-0.1, -0.05) is 6.07 Å². The lowest BCUT2D eigenvalue weighted by Crippen LogP contribution is -2.14. The minimum atomic E-state index is -0.612. The van der Waals surface area contributed by atoms with E-state index in [1.165, 1.54) is 12.1 Å². The van der Waals surface area contributed by atoms with Gasteiger partial charge in [-0.2, -0.15) is 9.36 Å². The Bertz CT molecular complexity index is 1040. The van der Waals surface area contributed by atoms with Crippen LogP contribution in [0.15, 0.2) is 35.3 Å². The second-order valence-corrected chi connectivity index (χ2v) is 7.43. The van der Waals surface area contributed by atoms with Crippen molar-refractivity contribution in [1.29, 1.82) is 0 Å². The van der Waals surface area contributed by atoms with Crippen LogP contribution in [0.4, 0.5) is 14.5 Å². The van der Waals surface area contributed by atoms with Gasteiger partial charge in [-0.15, -0.1) is 0 Å². The first-order chi connectivity index (χ1) is 13.9. The number of rotatable bonds is 7. The molecule has 3 aromatic rings. The van der Waals surface area contributed by atoms with Gasteiger partial charge in [-0.3, -0.25) is 0 Å². The summed E-state index contributed by atoms with van der Waals surface area (Å²) in [6.45, 7) is 6.84. The topological polar surface area (TPSA) is 50.6 Å². The molecule has 0 aliphatic carbocycles. The molecule has 8 heteroatoms. The molecule has 1 aromatic heterocycles. The molecule has 0 bridgehead atoms. The van der Waals surface area contributed by atoms with Crippen LogP contribution in [-0.2, 0) is 6.42 Å². The van der Waals surface area contributed by atoms with E-state index in [4.69, 9.17) is 4.74 Å². The number of benzene rings is 2. The minimum Gasteiger partial charge on any atom is -0.430 e. The van der Waals surface area contributed by atoms with E-state index in [2.05, 4.69) is 21.3 Å². The molecule has 0 saturated carbocycles. The molecule has 0 atom stereocenters. The van der Waals surface area contributed by atoms with Gasteiger partial charge in [0.15, 0.2) is 5.82 Å². The monoisotopic (exact) mass is 416 g/mol. The van der Waals surface area contributed by atoms with E-state index < -0.39 is 11.6 Å². The van der Waals surface area contributed by atoms with Crippen LogP contribution < -0.4 is 4.74 Å². The van der Waals surface area contributed by atoms with Crippen LogP contribution in [0.25, 0.3) is 0 Å². The van der Waals surface area contributed by atoms with Crippen molar-refractivity contribution in [1.82, 2.24) is 14.3 Å². The fourth-order valence-corrected chi connectivity index (χ4v) is 3.11. The molecule has 29 heavy (non-hydrogen) atoms. The standard InChI is InChI=1S/C21H22F2N4OS/c1-5-27(4)12-24-18-8-14(3)19(9-13(18)2)28-21-25-20(26-29-21)10-15-6-7-16(22)11-17(15)23/h6-9,11-12H,5,10H2,1-4H3. The van der Waals surface area contributed by atoms with Gasteiger partial charge in [0.05, 0.1) is 12.0 Å². The Morgan fingerprint density at radius 1 is 1.17 bits per heavy atom. The largest absolute Gasteiger partial charge is 0.430 e. The fourth-order valence-electron chi connectivity index (χ4n) is 2.55. The van der Waals surface area contributed by atoms with Gasteiger partial charge >= 0.3 is 0 Å². The average molecular weight is 416 g/mol.